The number of benzene rings is 1. The summed E-state index contributed by atoms with van der Waals surface area (Å²) in [6, 6.07) is 9.12. The minimum Gasteiger partial charge on any atom is -0.384 e. The van der Waals surface area contributed by atoms with Crippen LogP contribution < -0.4 is 10.0 Å². The monoisotopic (exact) mass is 369 g/mol. The normalized spacial score (nSPS) is 11.3. The van der Waals surface area contributed by atoms with Crippen molar-refractivity contribution in [1.82, 2.24) is 9.71 Å². The number of nitrogens with zero attached hydrogens (tertiary/aromatic N) is 1. The molecule has 0 bridgehead atoms. The predicted molar refractivity (Wildman–Crippen MR) is 86.6 cm³/mol. The van der Waals surface area contributed by atoms with Crippen LogP contribution in [0, 0.1) is 0 Å². The van der Waals surface area contributed by atoms with E-state index in [0.29, 0.717) is 12.2 Å². The van der Waals surface area contributed by atoms with Gasteiger partial charge in [0, 0.05) is 30.0 Å². The molecule has 2 aromatic rings. The fourth-order valence-electron chi connectivity index (χ4n) is 1.79. The maximum absolute atomic E-state index is 12.4. The van der Waals surface area contributed by atoms with Crippen molar-refractivity contribution >= 4 is 31.6 Å². The van der Waals surface area contributed by atoms with Crippen molar-refractivity contribution in [3.05, 3.63) is 52.8 Å². The van der Waals surface area contributed by atoms with Crippen molar-refractivity contribution in [2.45, 2.75) is 18.4 Å². The fraction of sp³-hybridized carbons (Fsp3) is 0.214. The second kappa shape index (κ2) is 7.02. The quantitative estimate of drug-likeness (QED) is 0.820. The molecule has 5 nitrogen and oxygen atoms in total. The summed E-state index contributed by atoms with van der Waals surface area (Å²) in [5, 5.41) is 3.02. The third-order valence-electron chi connectivity index (χ3n) is 2.82. The van der Waals surface area contributed by atoms with Crippen molar-refractivity contribution in [1.29, 1.82) is 0 Å². The Balaban J connectivity index is 2.17. The van der Waals surface area contributed by atoms with Gasteiger partial charge in [0.2, 0.25) is 10.0 Å². The molecule has 0 amide bonds. The number of nitrogens with one attached hydrogen (secondary N) is 2. The van der Waals surface area contributed by atoms with Gasteiger partial charge in [-0.25, -0.2) is 13.1 Å². The Bertz CT molecular complexity index is 702. The number of anilines is 1. The Morgan fingerprint density at radius 2 is 1.90 bits per heavy atom. The predicted octanol–water partition coefficient (Wildman–Crippen LogP) is 2.75. The lowest BCUT2D eigenvalue weighted by Crippen LogP contribution is -2.24. The average molecular weight is 370 g/mol. The van der Waals surface area contributed by atoms with Crippen molar-refractivity contribution in [3.63, 3.8) is 0 Å². The van der Waals surface area contributed by atoms with Gasteiger partial charge < -0.3 is 5.32 Å². The van der Waals surface area contributed by atoms with Crippen molar-refractivity contribution in [3.8, 4) is 0 Å². The number of sulfonamides is 1. The van der Waals surface area contributed by atoms with Gasteiger partial charge in [-0.15, -0.1) is 0 Å². The average Bonchev–Trinajstić information content (AvgIpc) is 2.47. The van der Waals surface area contributed by atoms with E-state index in [4.69, 9.17) is 0 Å². The lowest BCUT2D eigenvalue weighted by Gasteiger charge is -2.11. The molecule has 0 saturated heterocycles. The molecule has 1 aromatic heterocycles. The van der Waals surface area contributed by atoms with Crippen LogP contribution in [0.3, 0.4) is 0 Å². The highest BCUT2D eigenvalue weighted by atomic mass is 79.9. The third-order valence-corrected chi connectivity index (χ3v) is 4.78. The van der Waals surface area contributed by atoms with Crippen molar-refractivity contribution in [2.24, 2.45) is 0 Å². The van der Waals surface area contributed by atoms with E-state index >= 15 is 0 Å². The standard InChI is InChI=1S/C14H16BrN3O2S/c1-2-17-13-7-8-16-10-14(13)21(19,20)18-9-11-3-5-12(15)6-4-11/h3-8,10,18H,2,9H2,1H3,(H,16,17). The second-order valence-corrected chi connectivity index (χ2v) is 7.00. The van der Waals surface area contributed by atoms with Crippen LogP contribution >= 0.6 is 15.9 Å². The molecule has 1 heterocycles. The van der Waals surface area contributed by atoms with E-state index in [9.17, 15) is 8.42 Å². The topological polar surface area (TPSA) is 71.1 Å². The third kappa shape index (κ3) is 4.26. The van der Waals surface area contributed by atoms with E-state index in [1.54, 1.807) is 12.3 Å². The highest BCUT2D eigenvalue weighted by molar-refractivity contribution is 9.10. The van der Waals surface area contributed by atoms with E-state index in [0.717, 1.165) is 10.0 Å². The Labute approximate surface area is 133 Å². The van der Waals surface area contributed by atoms with Crippen LogP contribution in [0.1, 0.15) is 12.5 Å². The summed E-state index contributed by atoms with van der Waals surface area (Å²) in [7, 11) is -3.61. The zero-order valence-corrected chi connectivity index (χ0v) is 13.9. The molecule has 0 fully saturated rings. The first-order chi connectivity index (χ1) is 10.0. The van der Waals surface area contributed by atoms with Gasteiger partial charge in [-0.2, -0.15) is 0 Å². The molecule has 0 aliphatic carbocycles. The molecule has 1 aromatic carbocycles. The van der Waals surface area contributed by atoms with Gasteiger partial charge in [-0.05, 0) is 30.7 Å². The molecule has 0 unspecified atom stereocenters. The van der Waals surface area contributed by atoms with Crippen LogP contribution in [-0.2, 0) is 16.6 Å². The lowest BCUT2D eigenvalue weighted by molar-refractivity contribution is 0.581. The maximum Gasteiger partial charge on any atom is 0.244 e. The largest absolute Gasteiger partial charge is 0.384 e. The van der Waals surface area contributed by atoms with Crippen molar-refractivity contribution in [2.75, 3.05) is 11.9 Å². The lowest BCUT2D eigenvalue weighted by atomic mass is 10.2. The molecule has 2 rings (SSSR count). The highest BCUT2D eigenvalue weighted by Gasteiger charge is 2.18. The number of aromatic nitrogens is 1. The van der Waals surface area contributed by atoms with Gasteiger partial charge in [0.1, 0.15) is 4.90 Å². The van der Waals surface area contributed by atoms with Gasteiger partial charge in [0.15, 0.2) is 0 Å². The van der Waals surface area contributed by atoms with Crippen LogP contribution in [-0.4, -0.2) is 19.9 Å². The Morgan fingerprint density at radius 1 is 1.19 bits per heavy atom. The molecular formula is C14H16BrN3O2S. The van der Waals surface area contributed by atoms with Crippen LogP contribution in [0.5, 0.6) is 0 Å². The summed E-state index contributed by atoms with van der Waals surface area (Å²) >= 11 is 3.34. The molecule has 0 atom stereocenters. The van der Waals surface area contributed by atoms with Crippen LogP contribution in [0.2, 0.25) is 0 Å². The summed E-state index contributed by atoms with van der Waals surface area (Å²) in [5.74, 6) is 0. The molecule has 0 aliphatic rings. The first-order valence-electron chi connectivity index (χ1n) is 6.45. The highest BCUT2D eigenvalue weighted by Crippen LogP contribution is 2.19. The molecular weight excluding hydrogens is 354 g/mol. The second-order valence-electron chi connectivity index (χ2n) is 4.35. The SMILES string of the molecule is CCNc1ccncc1S(=O)(=O)NCc1ccc(Br)cc1. The molecule has 0 radical (unpaired) electrons. The molecule has 21 heavy (non-hydrogen) atoms. The molecule has 7 heteroatoms. The number of pyridine rings is 1. The molecule has 2 N–H and O–H groups in total. The first-order valence-corrected chi connectivity index (χ1v) is 8.72. The summed E-state index contributed by atoms with van der Waals surface area (Å²) in [5.41, 5.74) is 1.44. The minimum atomic E-state index is -3.61. The van der Waals surface area contributed by atoms with E-state index in [1.165, 1.54) is 6.20 Å². The van der Waals surface area contributed by atoms with Gasteiger partial charge in [0.05, 0.1) is 5.69 Å². The van der Waals surface area contributed by atoms with Crippen LogP contribution in [0.15, 0.2) is 52.1 Å². The molecule has 0 spiro atoms. The summed E-state index contributed by atoms with van der Waals surface area (Å²) in [4.78, 5) is 4.05. The molecule has 112 valence electrons. The summed E-state index contributed by atoms with van der Waals surface area (Å²) in [6.45, 7) is 2.78. The van der Waals surface area contributed by atoms with Crippen molar-refractivity contribution < 1.29 is 8.42 Å². The van der Waals surface area contributed by atoms with Gasteiger partial charge in [-0.1, -0.05) is 28.1 Å². The minimum absolute atomic E-state index is 0.156. The van der Waals surface area contributed by atoms with Gasteiger partial charge in [0.25, 0.3) is 0 Å². The zero-order chi connectivity index (χ0) is 15.3. The number of hydrogen-bond acceptors (Lipinski definition) is 4. The Kier molecular flexibility index (Phi) is 5.33. The van der Waals surface area contributed by atoms with E-state index in [1.807, 2.05) is 31.2 Å². The maximum atomic E-state index is 12.4. The molecule has 0 saturated carbocycles. The van der Waals surface area contributed by atoms with E-state index in [2.05, 4.69) is 31.0 Å². The molecule has 0 aliphatic heterocycles. The Hall–Kier alpha value is -1.44. The Morgan fingerprint density at radius 3 is 2.57 bits per heavy atom. The van der Waals surface area contributed by atoms with Gasteiger partial charge >= 0.3 is 0 Å². The van der Waals surface area contributed by atoms with Gasteiger partial charge in [-0.3, -0.25) is 4.98 Å². The first kappa shape index (κ1) is 15.9. The smallest absolute Gasteiger partial charge is 0.244 e. The number of rotatable bonds is 6. The van der Waals surface area contributed by atoms with Crippen LogP contribution in [0.4, 0.5) is 5.69 Å². The number of hydrogen-bond donors (Lipinski definition) is 2. The fourth-order valence-corrected chi connectivity index (χ4v) is 3.19. The van der Waals surface area contributed by atoms with Crippen LogP contribution in [0.25, 0.3) is 0 Å². The van der Waals surface area contributed by atoms with E-state index < -0.39 is 10.0 Å². The number of halogens is 1. The van der Waals surface area contributed by atoms with E-state index in [-0.39, 0.29) is 11.4 Å². The zero-order valence-electron chi connectivity index (χ0n) is 11.5. The summed E-state index contributed by atoms with van der Waals surface area (Å²) < 4.78 is 28.3. The summed E-state index contributed by atoms with van der Waals surface area (Å²) in [6.07, 6.45) is 2.91.